The van der Waals surface area contributed by atoms with Crippen LogP contribution in [0.4, 0.5) is 0 Å². The van der Waals surface area contributed by atoms with E-state index in [0.29, 0.717) is 5.75 Å². The van der Waals surface area contributed by atoms with Crippen molar-refractivity contribution in [1.82, 2.24) is 0 Å². The van der Waals surface area contributed by atoms with E-state index >= 15 is 0 Å². The number of ether oxygens (including phenoxy) is 2. The van der Waals surface area contributed by atoms with Gasteiger partial charge in [0.05, 0.1) is 14.2 Å². The number of allylic oxidation sites excluding steroid dienone is 1. The molecule has 4 heteroatoms. The van der Waals surface area contributed by atoms with Crippen molar-refractivity contribution in [3.63, 3.8) is 0 Å². The number of hydrogen-bond donors (Lipinski definition) is 1. The molecule has 0 aliphatic heterocycles. The molecule has 0 amide bonds. The maximum Gasteiger partial charge on any atom is 0.193 e. The highest BCUT2D eigenvalue weighted by atomic mass is 16.5. The van der Waals surface area contributed by atoms with E-state index in [-0.39, 0.29) is 22.8 Å². The fourth-order valence-electron chi connectivity index (χ4n) is 2.04. The molecule has 0 radical (unpaired) electrons. The fourth-order valence-corrected chi connectivity index (χ4v) is 2.04. The summed E-state index contributed by atoms with van der Waals surface area (Å²) in [5.74, 6) is 0.191. The largest absolute Gasteiger partial charge is 0.507 e. The smallest absolute Gasteiger partial charge is 0.193 e. The van der Waals surface area contributed by atoms with Gasteiger partial charge in [-0.05, 0) is 18.6 Å². The van der Waals surface area contributed by atoms with Gasteiger partial charge in [-0.3, -0.25) is 4.79 Å². The minimum Gasteiger partial charge on any atom is -0.507 e. The van der Waals surface area contributed by atoms with Gasteiger partial charge in [0.15, 0.2) is 5.78 Å². The standard InChI is InChI=1S/C18H18O4/c1-12-4-6-13(7-5-12)8-9-15(19)18-16(20)10-14(21-2)11-17(18)22-3/h4-11,20H,1-3H3/b9-8+. The maximum absolute atomic E-state index is 12.3. The number of carbonyl (C=O) groups is 1. The first kappa shape index (κ1) is 15.6. The molecular weight excluding hydrogens is 280 g/mol. The number of rotatable bonds is 5. The molecule has 0 aliphatic rings. The predicted octanol–water partition coefficient (Wildman–Crippen LogP) is 3.61. The van der Waals surface area contributed by atoms with Crippen LogP contribution >= 0.6 is 0 Å². The molecule has 0 unspecified atom stereocenters. The first-order chi connectivity index (χ1) is 10.5. The Kier molecular flexibility index (Phi) is 4.84. The third-order valence-corrected chi connectivity index (χ3v) is 3.26. The lowest BCUT2D eigenvalue weighted by Gasteiger charge is -2.10. The normalized spacial score (nSPS) is 10.7. The number of aromatic hydroxyl groups is 1. The molecular formula is C18H18O4. The van der Waals surface area contributed by atoms with Crippen molar-refractivity contribution < 1.29 is 19.4 Å². The molecule has 0 aromatic heterocycles. The van der Waals surface area contributed by atoms with Gasteiger partial charge < -0.3 is 14.6 Å². The number of ketones is 1. The summed E-state index contributed by atoms with van der Waals surface area (Å²) in [6, 6.07) is 10.7. The lowest BCUT2D eigenvalue weighted by atomic mass is 10.1. The molecule has 2 aromatic rings. The van der Waals surface area contributed by atoms with Gasteiger partial charge in [0.2, 0.25) is 0 Å². The molecule has 1 N–H and O–H groups in total. The lowest BCUT2D eigenvalue weighted by molar-refractivity contribution is 0.104. The molecule has 0 saturated heterocycles. The van der Waals surface area contributed by atoms with Crippen LogP contribution in [0.15, 0.2) is 42.5 Å². The second-order valence-corrected chi connectivity index (χ2v) is 4.83. The third kappa shape index (κ3) is 3.47. The van der Waals surface area contributed by atoms with E-state index in [2.05, 4.69) is 0 Å². The molecule has 4 nitrogen and oxygen atoms in total. The van der Waals surface area contributed by atoms with Gasteiger partial charge in [0.1, 0.15) is 22.8 Å². The van der Waals surface area contributed by atoms with E-state index in [1.54, 1.807) is 12.1 Å². The number of carbonyl (C=O) groups excluding carboxylic acids is 1. The Morgan fingerprint density at radius 2 is 1.77 bits per heavy atom. The number of methoxy groups -OCH3 is 2. The van der Waals surface area contributed by atoms with Gasteiger partial charge in [-0.2, -0.15) is 0 Å². The zero-order chi connectivity index (χ0) is 16.1. The summed E-state index contributed by atoms with van der Waals surface area (Å²) in [6.45, 7) is 2.00. The minimum atomic E-state index is -0.336. The van der Waals surface area contributed by atoms with Crippen LogP contribution in [-0.4, -0.2) is 25.1 Å². The summed E-state index contributed by atoms with van der Waals surface area (Å²) < 4.78 is 10.2. The van der Waals surface area contributed by atoms with Crippen LogP contribution < -0.4 is 9.47 Å². The van der Waals surface area contributed by atoms with Gasteiger partial charge in [-0.1, -0.05) is 35.9 Å². The van der Waals surface area contributed by atoms with E-state index in [4.69, 9.17) is 9.47 Å². The number of phenolic OH excluding ortho intramolecular Hbond substituents is 1. The monoisotopic (exact) mass is 298 g/mol. The second kappa shape index (κ2) is 6.80. The average molecular weight is 298 g/mol. The fraction of sp³-hybridized carbons (Fsp3) is 0.167. The average Bonchev–Trinajstić information content (AvgIpc) is 2.53. The summed E-state index contributed by atoms with van der Waals surface area (Å²) in [6.07, 6.45) is 3.11. The lowest BCUT2D eigenvalue weighted by Crippen LogP contribution is -2.00. The first-order valence-corrected chi connectivity index (χ1v) is 6.79. The highest BCUT2D eigenvalue weighted by Gasteiger charge is 2.17. The van der Waals surface area contributed by atoms with Crippen molar-refractivity contribution in [2.45, 2.75) is 6.92 Å². The molecule has 22 heavy (non-hydrogen) atoms. The molecule has 0 aliphatic carbocycles. The van der Waals surface area contributed by atoms with Gasteiger partial charge >= 0.3 is 0 Å². The van der Waals surface area contributed by atoms with Crippen LogP contribution in [0.25, 0.3) is 6.08 Å². The number of aryl methyl sites for hydroxylation is 1. The van der Waals surface area contributed by atoms with Crippen molar-refractivity contribution in [3.8, 4) is 17.2 Å². The Hall–Kier alpha value is -2.75. The summed E-state index contributed by atoms with van der Waals surface area (Å²) in [4.78, 5) is 12.3. The van der Waals surface area contributed by atoms with Gasteiger partial charge in [-0.15, -0.1) is 0 Å². The Morgan fingerprint density at radius 3 is 2.36 bits per heavy atom. The molecule has 0 heterocycles. The molecule has 0 saturated carbocycles. The van der Waals surface area contributed by atoms with E-state index in [1.165, 1.54) is 26.4 Å². The molecule has 114 valence electrons. The third-order valence-electron chi connectivity index (χ3n) is 3.26. The van der Waals surface area contributed by atoms with E-state index < -0.39 is 0 Å². The van der Waals surface area contributed by atoms with Crippen molar-refractivity contribution >= 4 is 11.9 Å². The highest BCUT2D eigenvalue weighted by molar-refractivity contribution is 6.10. The van der Waals surface area contributed by atoms with Crippen LogP contribution in [0.3, 0.4) is 0 Å². The summed E-state index contributed by atoms with van der Waals surface area (Å²) in [7, 11) is 2.92. The van der Waals surface area contributed by atoms with Crippen molar-refractivity contribution in [1.29, 1.82) is 0 Å². The predicted molar refractivity (Wildman–Crippen MR) is 85.8 cm³/mol. The zero-order valence-electron chi connectivity index (χ0n) is 12.8. The Balaban J connectivity index is 2.31. The highest BCUT2D eigenvalue weighted by Crippen LogP contribution is 2.33. The number of benzene rings is 2. The van der Waals surface area contributed by atoms with Crippen LogP contribution in [-0.2, 0) is 0 Å². The molecule has 0 bridgehead atoms. The Labute approximate surface area is 129 Å². The Bertz CT molecular complexity index is 700. The first-order valence-electron chi connectivity index (χ1n) is 6.79. The summed E-state index contributed by atoms with van der Waals surface area (Å²) in [5.41, 5.74) is 2.18. The molecule has 0 spiro atoms. The van der Waals surface area contributed by atoms with Crippen molar-refractivity contribution in [2.24, 2.45) is 0 Å². The van der Waals surface area contributed by atoms with Crippen LogP contribution in [0.5, 0.6) is 17.2 Å². The topological polar surface area (TPSA) is 55.8 Å². The van der Waals surface area contributed by atoms with Gasteiger partial charge in [0.25, 0.3) is 0 Å². The van der Waals surface area contributed by atoms with Crippen molar-refractivity contribution in [2.75, 3.05) is 14.2 Å². The number of phenols is 1. The van der Waals surface area contributed by atoms with E-state index in [0.717, 1.165) is 11.1 Å². The SMILES string of the molecule is COc1cc(O)c(C(=O)/C=C/c2ccc(C)cc2)c(OC)c1. The minimum absolute atomic E-state index is 0.117. The van der Waals surface area contributed by atoms with E-state index in [1.807, 2.05) is 31.2 Å². The van der Waals surface area contributed by atoms with E-state index in [9.17, 15) is 9.90 Å². The van der Waals surface area contributed by atoms with Crippen LogP contribution in [0.2, 0.25) is 0 Å². The van der Waals surface area contributed by atoms with Gasteiger partial charge in [0, 0.05) is 12.1 Å². The molecule has 2 aromatic carbocycles. The molecule has 0 atom stereocenters. The Morgan fingerprint density at radius 1 is 1.09 bits per heavy atom. The number of hydrogen-bond acceptors (Lipinski definition) is 4. The van der Waals surface area contributed by atoms with Crippen LogP contribution in [0.1, 0.15) is 21.5 Å². The maximum atomic E-state index is 12.3. The van der Waals surface area contributed by atoms with Crippen molar-refractivity contribution in [3.05, 3.63) is 59.2 Å². The molecule has 0 fully saturated rings. The second-order valence-electron chi connectivity index (χ2n) is 4.83. The molecule has 2 rings (SSSR count). The van der Waals surface area contributed by atoms with Crippen LogP contribution in [0, 0.1) is 6.92 Å². The summed E-state index contributed by atoms with van der Waals surface area (Å²) >= 11 is 0. The van der Waals surface area contributed by atoms with Gasteiger partial charge in [-0.25, -0.2) is 0 Å². The zero-order valence-corrected chi connectivity index (χ0v) is 12.8. The summed E-state index contributed by atoms with van der Waals surface area (Å²) in [5, 5.41) is 10.0. The quantitative estimate of drug-likeness (QED) is 0.676.